The molecule has 0 aromatic heterocycles. The van der Waals surface area contributed by atoms with Crippen LogP contribution in [-0.2, 0) is 6.42 Å². The lowest BCUT2D eigenvalue weighted by molar-refractivity contribution is 0.129. The quantitative estimate of drug-likeness (QED) is 0.655. The van der Waals surface area contributed by atoms with Crippen LogP contribution in [0.1, 0.15) is 22.8 Å². The molecule has 0 amide bonds. The van der Waals surface area contributed by atoms with Gasteiger partial charge in [-0.25, -0.2) is 0 Å². The van der Waals surface area contributed by atoms with Crippen LogP contribution in [0.2, 0.25) is 5.02 Å². The summed E-state index contributed by atoms with van der Waals surface area (Å²) in [5.41, 5.74) is 2.83. The first-order chi connectivity index (χ1) is 14.2. The van der Waals surface area contributed by atoms with Gasteiger partial charge in [-0.15, -0.1) is 0 Å². The second-order valence-corrected chi connectivity index (χ2v) is 10.5. The molecule has 0 radical (unpaired) electrons. The number of fused-ring (bicyclic) bond motifs is 2. The maximum atomic E-state index is 9.01. The van der Waals surface area contributed by atoms with Crippen LogP contribution in [0.4, 0.5) is 0 Å². The highest BCUT2D eigenvalue weighted by Gasteiger charge is 2.24. The first-order valence-electron chi connectivity index (χ1n) is 10.5. The number of aliphatic hydroxyl groups is 1. The van der Waals surface area contributed by atoms with Crippen molar-refractivity contribution in [1.29, 1.82) is 0 Å². The zero-order valence-electron chi connectivity index (χ0n) is 16.7. The summed E-state index contributed by atoms with van der Waals surface area (Å²) in [6.07, 6.45) is 1.93. The predicted molar refractivity (Wildman–Crippen MR) is 126 cm³/mol. The minimum atomic E-state index is 0.298. The average molecular weight is 449 g/mol. The number of piperazine rings is 1. The zero-order valence-corrected chi connectivity index (χ0v) is 19.1. The minimum Gasteiger partial charge on any atom is -0.396 e. The summed E-state index contributed by atoms with van der Waals surface area (Å²) >= 11 is 10.3. The number of hydrogen-bond acceptors (Lipinski definition) is 5. The van der Waals surface area contributed by atoms with Crippen molar-refractivity contribution in [2.24, 2.45) is 0 Å². The van der Waals surface area contributed by atoms with Gasteiger partial charge in [-0.3, -0.25) is 4.90 Å². The number of nitrogens with zero attached hydrogens (tertiary/aromatic N) is 2. The molecular weight excluding hydrogens is 420 g/mol. The summed E-state index contributed by atoms with van der Waals surface area (Å²) in [6, 6.07) is 15.2. The van der Waals surface area contributed by atoms with Gasteiger partial charge in [-0.05, 0) is 48.2 Å². The zero-order chi connectivity index (χ0) is 20.1. The predicted octanol–water partition coefficient (Wildman–Crippen LogP) is 4.82. The molecule has 1 unspecified atom stereocenters. The molecule has 1 saturated heterocycles. The Morgan fingerprint density at radius 3 is 2.55 bits per heavy atom. The van der Waals surface area contributed by atoms with E-state index in [2.05, 4.69) is 58.0 Å². The van der Waals surface area contributed by atoms with Crippen molar-refractivity contribution in [3.05, 3.63) is 58.6 Å². The molecule has 0 bridgehead atoms. The Balaban J connectivity index is 1.36. The minimum absolute atomic E-state index is 0.298. The monoisotopic (exact) mass is 448 g/mol. The van der Waals surface area contributed by atoms with E-state index >= 15 is 0 Å². The Morgan fingerprint density at radius 1 is 1.00 bits per heavy atom. The number of rotatable bonds is 7. The third kappa shape index (κ3) is 5.72. The van der Waals surface area contributed by atoms with Gasteiger partial charge in [0.1, 0.15) is 0 Å². The summed E-state index contributed by atoms with van der Waals surface area (Å²) in [4.78, 5) is 7.77. The summed E-state index contributed by atoms with van der Waals surface area (Å²) in [5.74, 6) is 1.15. The molecule has 0 aliphatic carbocycles. The lowest BCUT2D eigenvalue weighted by atomic mass is 10.0. The summed E-state index contributed by atoms with van der Waals surface area (Å²) in [6.45, 7) is 7.00. The molecule has 1 atom stereocenters. The fourth-order valence-electron chi connectivity index (χ4n) is 4.08. The number of benzene rings is 2. The highest BCUT2D eigenvalue weighted by atomic mass is 35.5. The SMILES string of the molecule is OCCCN1CCN(CCSC2Cc3cc(Cl)ccc3Sc3ccccc32)CC1. The molecule has 0 saturated carbocycles. The standard InChI is InChI=1S/C23H29ClN2OS2/c24-19-6-7-21-18(16-19)17-23(20-4-1-2-5-22(20)29-21)28-15-13-26-11-9-25(10-12-26)8-3-14-27/h1-2,4-7,16,23,27H,3,8-15,17H2. The van der Waals surface area contributed by atoms with Crippen molar-refractivity contribution >= 4 is 35.1 Å². The molecule has 1 fully saturated rings. The van der Waals surface area contributed by atoms with E-state index in [1.54, 1.807) is 0 Å². The maximum Gasteiger partial charge on any atom is 0.0443 e. The van der Waals surface area contributed by atoms with Crippen LogP contribution in [0.5, 0.6) is 0 Å². The van der Waals surface area contributed by atoms with Gasteiger partial charge in [0, 0.05) is 71.7 Å². The van der Waals surface area contributed by atoms with E-state index in [4.69, 9.17) is 16.7 Å². The van der Waals surface area contributed by atoms with E-state index in [0.717, 1.165) is 62.9 Å². The van der Waals surface area contributed by atoms with Crippen molar-refractivity contribution < 1.29 is 5.11 Å². The van der Waals surface area contributed by atoms with Gasteiger partial charge in [0.05, 0.1) is 0 Å². The molecule has 3 nitrogen and oxygen atoms in total. The Labute approximate surface area is 187 Å². The molecule has 2 aromatic rings. The smallest absolute Gasteiger partial charge is 0.0443 e. The largest absolute Gasteiger partial charge is 0.396 e. The molecule has 2 aliphatic rings. The first-order valence-corrected chi connectivity index (χ1v) is 12.7. The number of aliphatic hydroxyl groups excluding tert-OH is 1. The Hall–Kier alpha value is -0.690. The average Bonchev–Trinajstić information content (AvgIpc) is 2.89. The molecule has 1 N–H and O–H groups in total. The van der Waals surface area contributed by atoms with Crippen LogP contribution in [0, 0.1) is 0 Å². The van der Waals surface area contributed by atoms with Crippen molar-refractivity contribution in [2.75, 3.05) is 51.6 Å². The third-order valence-corrected chi connectivity index (χ3v) is 8.42. The molecule has 156 valence electrons. The van der Waals surface area contributed by atoms with E-state index in [0.29, 0.717) is 11.9 Å². The molecule has 29 heavy (non-hydrogen) atoms. The van der Waals surface area contributed by atoms with Crippen LogP contribution in [-0.4, -0.2) is 66.5 Å². The molecule has 6 heteroatoms. The lowest BCUT2D eigenvalue weighted by Crippen LogP contribution is -2.47. The normalized spacial score (nSPS) is 20.1. The highest BCUT2D eigenvalue weighted by Crippen LogP contribution is 2.46. The number of hydrogen-bond donors (Lipinski definition) is 1. The first kappa shape index (κ1) is 21.5. The van der Waals surface area contributed by atoms with Crippen LogP contribution in [0.3, 0.4) is 0 Å². The molecule has 4 rings (SSSR count). The number of thioether (sulfide) groups is 1. The van der Waals surface area contributed by atoms with Gasteiger partial charge in [0.15, 0.2) is 0 Å². The van der Waals surface area contributed by atoms with Crippen molar-refractivity contribution in [3.63, 3.8) is 0 Å². The lowest BCUT2D eigenvalue weighted by Gasteiger charge is -2.34. The molecule has 0 spiro atoms. The highest BCUT2D eigenvalue weighted by molar-refractivity contribution is 8.00. The second-order valence-electron chi connectivity index (χ2n) is 7.72. The van der Waals surface area contributed by atoms with Gasteiger partial charge >= 0.3 is 0 Å². The topological polar surface area (TPSA) is 26.7 Å². The van der Waals surface area contributed by atoms with Crippen LogP contribution >= 0.6 is 35.1 Å². The van der Waals surface area contributed by atoms with Crippen molar-refractivity contribution in [1.82, 2.24) is 9.80 Å². The molecule has 2 heterocycles. The third-order valence-electron chi connectivity index (χ3n) is 5.74. The van der Waals surface area contributed by atoms with Crippen LogP contribution < -0.4 is 0 Å². The van der Waals surface area contributed by atoms with Gasteiger partial charge in [0.25, 0.3) is 0 Å². The molecular formula is C23H29ClN2OS2. The van der Waals surface area contributed by atoms with Crippen LogP contribution in [0.15, 0.2) is 52.3 Å². The summed E-state index contributed by atoms with van der Waals surface area (Å²) in [5, 5.41) is 10.3. The van der Waals surface area contributed by atoms with Gasteiger partial charge in [0.2, 0.25) is 0 Å². The van der Waals surface area contributed by atoms with E-state index in [-0.39, 0.29) is 0 Å². The fourth-order valence-corrected chi connectivity index (χ4v) is 6.80. The Morgan fingerprint density at radius 2 is 1.76 bits per heavy atom. The van der Waals surface area contributed by atoms with E-state index in [1.165, 1.54) is 20.9 Å². The van der Waals surface area contributed by atoms with Gasteiger partial charge in [-0.2, -0.15) is 11.8 Å². The van der Waals surface area contributed by atoms with Gasteiger partial charge < -0.3 is 10.0 Å². The van der Waals surface area contributed by atoms with E-state index in [1.807, 2.05) is 17.8 Å². The summed E-state index contributed by atoms with van der Waals surface area (Å²) in [7, 11) is 0. The Bertz CT molecular complexity index is 811. The van der Waals surface area contributed by atoms with Crippen LogP contribution in [0.25, 0.3) is 0 Å². The summed E-state index contributed by atoms with van der Waals surface area (Å²) < 4.78 is 0. The molecule has 2 aliphatic heterocycles. The maximum absolute atomic E-state index is 9.01. The number of halogens is 1. The van der Waals surface area contributed by atoms with E-state index < -0.39 is 0 Å². The fraction of sp³-hybridized carbons (Fsp3) is 0.478. The van der Waals surface area contributed by atoms with Crippen molar-refractivity contribution in [3.8, 4) is 0 Å². The van der Waals surface area contributed by atoms with Gasteiger partial charge in [-0.1, -0.05) is 41.6 Å². The van der Waals surface area contributed by atoms with E-state index in [9.17, 15) is 0 Å². The molecule has 2 aromatic carbocycles. The van der Waals surface area contributed by atoms with Crippen molar-refractivity contribution in [2.45, 2.75) is 27.9 Å². The second kappa shape index (κ2) is 10.6. The Kier molecular flexibility index (Phi) is 7.84.